The number of amides is 1. The van der Waals surface area contributed by atoms with Crippen molar-refractivity contribution in [2.24, 2.45) is 0 Å². The molecule has 1 heterocycles. The maximum atomic E-state index is 12.4. The zero-order valence-electron chi connectivity index (χ0n) is 15.0. The first-order valence-electron chi connectivity index (χ1n) is 8.63. The Bertz CT molecular complexity index is 861. The number of ether oxygens (including phenoxy) is 1. The van der Waals surface area contributed by atoms with Gasteiger partial charge in [-0.2, -0.15) is 0 Å². The molecule has 2 aromatic carbocycles. The lowest BCUT2D eigenvalue weighted by molar-refractivity contribution is -0.122. The summed E-state index contributed by atoms with van der Waals surface area (Å²) in [5.74, 6) is 0.554. The second kappa shape index (κ2) is 8.30. The van der Waals surface area contributed by atoms with Gasteiger partial charge in [-0.25, -0.2) is 0 Å². The molecule has 4 nitrogen and oxygen atoms in total. The van der Waals surface area contributed by atoms with Crippen LogP contribution < -0.4 is 10.1 Å². The molecule has 26 heavy (non-hydrogen) atoms. The monoisotopic (exact) mass is 346 g/mol. The normalized spacial score (nSPS) is 11.6. The molecule has 4 heteroatoms. The van der Waals surface area contributed by atoms with Crippen molar-refractivity contribution in [3.63, 3.8) is 0 Å². The van der Waals surface area contributed by atoms with Gasteiger partial charge >= 0.3 is 0 Å². The Labute approximate surface area is 153 Å². The van der Waals surface area contributed by atoms with Crippen molar-refractivity contribution in [3.05, 3.63) is 89.7 Å². The van der Waals surface area contributed by atoms with E-state index in [1.807, 2.05) is 67.6 Å². The van der Waals surface area contributed by atoms with Gasteiger partial charge in [0.1, 0.15) is 5.75 Å². The quantitative estimate of drug-likeness (QED) is 0.720. The highest BCUT2D eigenvalue weighted by molar-refractivity contribution is 5.94. The van der Waals surface area contributed by atoms with Gasteiger partial charge in [0.25, 0.3) is 5.91 Å². The molecule has 1 aromatic heterocycles. The Morgan fingerprint density at radius 3 is 2.35 bits per heavy atom. The van der Waals surface area contributed by atoms with E-state index in [0.29, 0.717) is 0 Å². The molecule has 0 saturated carbocycles. The van der Waals surface area contributed by atoms with Gasteiger partial charge in [-0.3, -0.25) is 9.78 Å². The van der Waals surface area contributed by atoms with Crippen LogP contribution in [-0.2, 0) is 11.2 Å². The summed E-state index contributed by atoms with van der Waals surface area (Å²) in [6.07, 6.45) is 3.84. The molecule has 3 rings (SSSR count). The zero-order valence-corrected chi connectivity index (χ0v) is 15.0. The van der Waals surface area contributed by atoms with Gasteiger partial charge in [-0.1, -0.05) is 30.3 Å². The summed E-state index contributed by atoms with van der Waals surface area (Å²) in [5.41, 5.74) is 4.15. The van der Waals surface area contributed by atoms with Gasteiger partial charge in [-0.05, 0) is 67.3 Å². The highest BCUT2D eigenvalue weighted by Crippen LogP contribution is 2.19. The first-order valence-corrected chi connectivity index (χ1v) is 8.63. The SMILES string of the molecule is Cc1ccccc1O[C@@H](C)C(=O)Nc1ccc(Cc2ccncc2)cc1. The number of aromatic nitrogens is 1. The molecule has 132 valence electrons. The number of nitrogens with one attached hydrogen (secondary N) is 1. The van der Waals surface area contributed by atoms with Crippen molar-refractivity contribution in [1.29, 1.82) is 0 Å². The average Bonchev–Trinajstić information content (AvgIpc) is 2.66. The fourth-order valence-corrected chi connectivity index (χ4v) is 2.62. The molecule has 1 N–H and O–H groups in total. The van der Waals surface area contributed by atoms with Gasteiger partial charge in [0.05, 0.1) is 0 Å². The summed E-state index contributed by atoms with van der Waals surface area (Å²) in [7, 11) is 0. The molecule has 0 aliphatic rings. The van der Waals surface area contributed by atoms with Crippen molar-refractivity contribution in [2.75, 3.05) is 5.32 Å². The summed E-state index contributed by atoms with van der Waals surface area (Å²) < 4.78 is 5.76. The van der Waals surface area contributed by atoms with Crippen molar-refractivity contribution >= 4 is 11.6 Å². The molecule has 3 aromatic rings. The number of carbonyl (C=O) groups excluding carboxylic acids is 1. The van der Waals surface area contributed by atoms with E-state index >= 15 is 0 Å². The molecular weight excluding hydrogens is 324 g/mol. The largest absolute Gasteiger partial charge is 0.481 e. The lowest BCUT2D eigenvalue weighted by Crippen LogP contribution is -2.30. The number of pyridine rings is 1. The highest BCUT2D eigenvalue weighted by atomic mass is 16.5. The fraction of sp³-hybridized carbons (Fsp3) is 0.182. The standard InChI is InChI=1S/C22H22N2O2/c1-16-5-3-4-6-21(16)26-17(2)22(25)24-20-9-7-18(8-10-20)15-19-11-13-23-14-12-19/h3-14,17H,15H2,1-2H3,(H,24,25)/t17-/m0/s1. The number of para-hydroxylation sites is 1. The second-order valence-electron chi connectivity index (χ2n) is 6.24. The summed E-state index contributed by atoms with van der Waals surface area (Å²) in [5, 5.41) is 2.90. The number of anilines is 1. The number of carbonyl (C=O) groups is 1. The lowest BCUT2D eigenvalue weighted by atomic mass is 10.1. The van der Waals surface area contributed by atoms with Crippen LogP contribution in [0.1, 0.15) is 23.6 Å². The van der Waals surface area contributed by atoms with E-state index in [1.54, 1.807) is 19.3 Å². The predicted octanol–water partition coefficient (Wildman–Crippen LogP) is 4.39. The van der Waals surface area contributed by atoms with Gasteiger partial charge in [0, 0.05) is 18.1 Å². The lowest BCUT2D eigenvalue weighted by Gasteiger charge is -2.16. The fourth-order valence-electron chi connectivity index (χ4n) is 2.62. The molecule has 0 bridgehead atoms. The van der Waals surface area contributed by atoms with E-state index in [-0.39, 0.29) is 5.91 Å². The highest BCUT2D eigenvalue weighted by Gasteiger charge is 2.15. The van der Waals surface area contributed by atoms with Crippen LogP contribution in [0.25, 0.3) is 0 Å². The van der Waals surface area contributed by atoms with Gasteiger partial charge in [-0.15, -0.1) is 0 Å². The van der Waals surface area contributed by atoms with Gasteiger partial charge in [0.15, 0.2) is 6.10 Å². The average molecular weight is 346 g/mol. The van der Waals surface area contributed by atoms with E-state index in [9.17, 15) is 4.79 Å². The molecule has 1 amide bonds. The smallest absolute Gasteiger partial charge is 0.265 e. The van der Waals surface area contributed by atoms with E-state index in [0.717, 1.165) is 23.4 Å². The van der Waals surface area contributed by atoms with E-state index in [4.69, 9.17) is 4.74 Å². The third-order valence-electron chi connectivity index (χ3n) is 4.15. The number of rotatable bonds is 6. The van der Waals surface area contributed by atoms with Crippen LogP contribution in [0.5, 0.6) is 5.75 Å². The van der Waals surface area contributed by atoms with Crippen LogP contribution in [0, 0.1) is 6.92 Å². The van der Waals surface area contributed by atoms with Gasteiger partial charge in [0.2, 0.25) is 0 Å². The topological polar surface area (TPSA) is 51.2 Å². The molecule has 0 unspecified atom stereocenters. The van der Waals surface area contributed by atoms with E-state index in [1.165, 1.54) is 11.1 Å². The van der Waals surface area contributed by atoms with Crippen molar-refractivity contribution < 1.29 is 9.53 Å². The zero-order chi connectivity index (χ0) is 18.4. The predicted molar refractivity (Wildman–Crippen MR) is 103 cm³/mol. The van der Waals surface area contributed by atoms with Crippen LogP contribution in [-0.4, -0.2) is 17.0 Å². The number of nitrogens with zero attached hydrogens (tertiary/aromatic N) is 1. The molecule has 0 aliphatic heterocycles. The first kappa shape index (κ1) is 17.7. The Morgan fingerprint density at radius 1 is 1.00 bits per heavy atom. The number of hydrogen-bond donors (Lipinski definition) is 1. The Hall–Kier alpha value is -3.14. The van der Waals surface area contributed by atoms with Crippen LogP contribution in [0.4, 0.5) is 5.69 Å². The first-order chi connectivity index (χ1) is 12.6. The molecular formula is C22H22N2O2. The van der Waals surface area contributed by atoms with Crippen molar-refractivity contribution in [1.82, 2.24) is 4.98 Å². The molecule has 0 fully saturated rings. The Kier molecular flexibility index (Phi) is 5.64. The maximum absolute atomic E-state index is 12.4. The van der Waals surface area contributed by atoms with E-state index in [2.05, 4.69) is 10.3 Å². The van der Waals surface area contributed by atoms with Crippen molar-refractivity contribution in [2.45, 2.75) is 26.4 Å². The van der Waals surface area contributed by atoms with Gasteiger partial charge < -0.3 is 10.1 Å². The number of hydrogen-bond acceptors (Lipinski definition) is 3. The molecule has 0 radical (unpaired) electrons. The summed E-state index contributed by atoms with van der Waals surface area (Å²) in [6, 6.07) is 19.5. The third kappa shape index (κ3) is 4.70. The molecule has 0 aliphatic carbocycles. The minimum atomic E-state index is -0.576. The Morgan fingerprint density at radius 2 is 1.65 bits per heavy atom. The van der Waals surface area contributed by atoms with Crippen molar-refractivity contribution in [3.8, 4) is 5.75 Å². The number of benzene rings is 2. The summed E-state index contributed by atoms with van der Waals surface area (Å²) >= 11 is 0. The summed E-state index contributed by atoms with van der Waals surface area (Å²) in [6.45, 7) is 3.71. The van der Waals surface area contributed by atoms with E-state index < -0.39 is 6.10 Å². The minimum Gasteiger partial charge on any atom is -0.481 e. The Balaban J connectivity index is 1.58. The maximum Gasteiger partial charge on any atom is 0.265 e. The third-order valence-corrected chi connectivity index (χ3v) is 4.15. The molecule has 0 spiro atoms. The number of aryl methyl sites for hydroxylation is 1. The summed E-state index contributed by atoms with van der Waals surface area (Å²) in [4.78, 5) is 16.4. The van der Waals surface area contributed by atoms with Crippen LogP contribution in [0.3, 0.4) is 0 Å². The van der Waals surface area contributed by atoms with Crippen LogP contribution in [0.15, 0.2) is 73.1 Å². The second-order valence-corrected chi connectivity index (χ2v) is 6.24. The minimum absolute atomic E-state index is 0.171. The molecule has 1 atom stereocenters. The molecule has 0 saturated heterocycles. The van der Waals surface area contributed by atoms with Crippen LogP contribution in [0.2, 0.25) is 0 Å². The van der Waals surface area contributed by atoms with Crippen LogP contribution >= 0.6 is 0 Å².